The number of piperazine rings is 1. The maximum absolute atomic E-state index is 12.6. The fraction of sp³-hybridized carbons (Fsp3) is 0.235. The fourth-order valence-corrected chi connectivity index (χ4v) is 2.78. The summed E-state index contributed by atoms with van der Waals surface area (Å²) in [6.45, 7) is 2.75. The maximum atomic E-state index is 12.6. The highest BCUT2D eigenvalue weighted by molar-refractivity contribution is 5.90. The van der Waals surface area contributed by atoms with Crippen molar-refractivity contribution >= 4 is 11.6 Å². The summed E-state index contributed by atoms with van der Waals surface area (Å²) in [7, 11) is 0. The number of para-hydroxylation sites is 1. The minimum absolute atomic E-state index is 0.0122. The van der Waals surface area contributed by atoms with Gasteiger partial charge in [-0.25, -0.2) is 9.97 Å². The van der Waals surface area contributed by atoms with Crippen molar-refractivity contribution in [3.05, 3.63) is 54.8 Å². The summed E-state index contributed by atoms with van der Waals surface area (Å²) in [5.74, 6) is 0.0240. The van der Waals surface area contributed by atoms with E-state index in [4.69, 9.17) is 4.52 Å². The number of carbonyl (C=O) groups excluding carboxylic acids is 1. The van der Waals surface area contributed by atoms with Crippen molar-refractivity contribution in [1.82, 2.24) is 25.0 Å². The zero-order valence-corrected chi connectivity index (χ0v) is 13.4. The van der Waals surface area contributed by atoms with Crippen molar-refractivity contribution in [2.75, 3.05) is 31.1 Å². The van der Waals surface area contributed by atoms with Gasteiger partial charge < -0.3 is 14.3 Å². The first-order chi connectivity index (χ1) is 12.3. The smallest absolute Gasteiger partial charge is 0.316 e. The van der Waals surface area contributed by atoms with Crippen molar-refractivity contribution in [2.24, 2.45) is 0 Å². The van der Waals surface area contributed by atoms with Crippen LogP contribution in [0, 0.1) is 0 Å². The summed E-state index contributed by atoms with van der Waals surface area (Å²) in [6, 6.07) is 11.8. The standard InChI is InChI=1S/C17H16N6O2/c24-17(16-20-15(21-25-16)14-6-7-18-12-19-14)23-10-8-22(9-11-23)13-4-2-1-3-5-13/h1-7,12H,8-11H2. The van der Waals surface area contributed by atoms with Crippen molar-refractivity contribution in [3.63, 3.8) is 0 Å². The van der Waals surface area contributed by atoms with Gasteiger partial charge in [0.25, 0.3) is 0 Å². The van der Waals surface area contributed by atoms with Crippen LogP contribution in [-0.4, -0.2) is 57.1 Å². The minimum atomic E-state index is -0.250. The predicted octanol–water partition coefficient (Wildman–Crippen LogP) is 1.49. The number of benzene rings is 1. The van der Waals surface area contributed by atoms with Crippen LogP contribution < -0.4 is 4.90 Å². The number of hydrogen-bond donors (Lipinski definition) is 0. The van der Waals surface area contributed by atoms with Gasteiger partial charge in [-0.15, -0.1) is 0 Å². The molecule has 1 aliphatic rings. The molecule has 1 saturated heterocycles. The lowest BCUT2D eigenvalue weighted by atomic mass is 10.2. The van der Waals surface area contributed by atoms with Crippen molar-refractivity contribution in [1.29, 1.82) is 0 Å². The first kappa shape index (κ1) is 15.3. The molecule has 0 atom stereocenters. The minimum Gasteiger partial charge on any atom is -0.368 e. The van der Waals surface area contributed by atoms with Crippen LogP contribution in [0.5, 0.6) is 0 Å². The molecule has 2 aromatic heterocycles. The lowest BCUT2D eigenvalue weighted by Crippen LogP contribution is -2.48. The topological polar surface area (TPSA) is 88.2 Å². The SMILES string of the molecule is O=C(c1nc(-c2ccncn2)no1)N1CCN(c2ccccc2)CC1. The van der Waals surface area contributed by atoms with Gasteiger partial charge in [-0.3, -0.25) is 4.79 Å². The van der Waals surface area contributed by atoms with Gasteiger partial charge in [0.15, 0.2) is 0 Å². The molecule has 126 valence electrons. The van der Waals surface area contributed by atoms with Gasteiger partial charge in [0.1, 0.15) is 12.0 Å². The van der Waals surface area contributed by atoms with E-state index in [9.17, 15) is 4.79 Å². The Morgan fingerprint density at radius 1 is 1.04 bits per heavy atom. The average Bonchev–Trinajstić information content (AvgIpc) is 3.19. The van der Waals surface area contributed by atoms with E-state index in [1.807, 2.05) is 18.2 Å². The van der Waals surface area contributed by atoms with Gasteiger partial charge in [-0.1, -0.05) is 23.4 Å². The second kappa shape index (κ2) is 6.68. The molecular weight excluding hydrogens is 320 g/mol. The molecule has 0 radical (unpaired) electrons. The third-order valence-electron chi connectivity index (χ3n) is 4.11. The Bertz CT molecular complexity index is 844. The molecule has 3 aromatic rings. The molecule has 1 fully saturated rings. The highest BCUT2D eigenvalue weighted by Gasteiger charge is 2.26. The highest BCUT2D eigenvalue weighted by atomic mass is 16.5. The number of nitrogens with zero attached hydrogens (tertiary/aromatic N) is 6. The molecule has 0 saturated carbocycles. The summed E-state index contributed by atoms with van der Waals surface area (Å²) < 4.78 is 5.12. The molecule has 4 rings (SSSR count). The lowest BCUT2D eigenvalue weighted by molar-refractivity contribution is 0.0696. The first-order valence-corrected chi connectivity index (χ1v) is 8.00. The van der Waals surface area contributed by atoms with Gasteiger partial charge in [-0.2, -0.15) is 4.98 Å². The van der Waals surface area contributed by atoms with E-state index < -0.39 is 0 Å². The van der Waals surface area contributed by atoms with E-state index in [1.165, 1.54) is 12.0 Å². The van der Waals surface area contributed by atoms with Crippen LogP contribution in [0.4, 0.5) is 5.69 Å². The lowest BCUT2D eigenvalue weighted by Gasteiger charge is -2.35. The third kappa shape index (κ3) is 3.18. The number of amides is 1. The van der Waals surface area contributed by atoms with Crippen LogP contribution in [0.2, 0.25) is 0 Å². The van der Waals surface area contributed by atoms with Gasteiger partial charge in [-0.05, 0) is 18.2 Å². The van der Waals surface area contributed by atoms with Crippen molar-refractivity contribution in [2.45, 2.75) is 0 Å². The van der Waals surface area contributed by atoms with Gasteiger partial charge in [0, 0.05) is 38.1 Å². The number of hydrogen-bond acceptors (Lipinski definition) is 7. The Morgan fingerprint density at radius 2 is 1.84 bits per heavy atom. The molecule has 8 nitrogen and oxygen atoms in total. The number of aromatic nitrogens is 4. The Kier molecular flexibility index (Phi) is 4.07. The molecule has 3 heterocycles. The van der Waals surface area contributed by atoms with E-state index in [0.29, 0.717) is 18.8 Å². The summed E-state index contributed by atoms with van der Waals surface area (Å²) in [5.41, 5.74) is 1.69. The average molecular weight is 336 g/mol. The van der Waals surface area contributed by atoms with Gasteiger partial charge >= 0.3 is 11.8 Å². The molecule has 0 unspecified atom stereocenters. The second-order valence-corrected chi connectivity index (χ2v) is 5.63. The van der Waals surface area contributed by atoms with Crippen molar-refractivity contribution in [3.8, 4) is 11.5 Å². The quantitative estimate of drug-likeness (QED) is 0.716. The summed E-state index contributed by atoms with van der Waals surface area (Å²) in [4.78, 5) is 28.6. The Hall–Kier alpha value is -3.29. The van der Waals surface area contributed by atoms with E-state index in [-0.39, 0.29) is 17.6 Å². The van der Waals surface area contributed by atoms with E-state index >= 15 is 0 Å². The fourth-order valence-electron chi connectivity index (χ4n) is 2.78. The molecule has 0 spiro atoms. The molecule has 1 aromatic carbocycles. The Labute approximate surface area is 144 Å². The van der Waals surface area contributed by atoms with Crippen LogP contribution >= 0.6 is 0 Å². The zero-order chi connectivity index (χ0) is 17.1. The molecular formula is C17H16N6O2. The number of anilines is 1. The number of carbonyl (C=O) groups is 1. The predicted molar refractivity (Wildman–Crippen MR) is 89.9 cm³/mol. The molecule has 1 aliphatic heterocycles. The largest absolute Gasteiger partial charge is 0.368 e. The molecule has 0 aliphatic carbocycles. The summed E-state index contributed by atoms with van der Waals surface area (Å²) >= 11 is 0. The van der Waals surface area contributed by atoms with Gasteiger partial charge in [0.2, 0.25) is 5.82 Å². The van der Waals surface area contributed by atoms with E-state index in [0.717, 1.165) is 13.1 Å². The van der Waals surface area contributed by atoms with Crippen LogP contribution in [0.1, 0.15) is 10.7 Å². The van der Waals surface area contributed by atoms with E-state index in [2.05, 4.69) is 37.1 Å². The van der Waals surface area contributed by atoms with Gasteiger partial charge in [0.05, 0.1) is 0 Å². The van der Waals surface area contributed by atoms with Crippen molar-refractivity contribution < 1.29 is 9.32 Å². The Morgan fingerprint density at radius 3 is 2.56 bits per heavy atom. The summed E-state index contributed by atoms with van der Waals surface area (Å²) in [6.07, 6.45) is 2.99. The Balaban J connectivity index is 1.42. The van der Waals surface area contributed by atoms with Crippen LogP contribution in [0.25, 0.3) is 11.5 Å². The first-order valence-electron chi connectivity index (χ1n) is 8.00. The molecule has 25 heavy (non-hydrogen) atoms. The maximum Gasteiger partial charge on any atom is 0.316 e. The zero-order valence-electron chi connectivity index (χ0n) is 13.4. The molecule has 1 amide bonds. The molecule has 0 bridgehead atoms. The van der Waals surface area contributed by atoms with Crippen LogP contribution in [0.3, 0.4) is 0 Å². The third-order valence-corrected chi connectivity index (χ3v) is 4.11. The van der Waals surface area contributed by atoms with E-state index in [1.54, 1.807) is 17.2 Å². The molecule has 0 N–H and O–H groups in total. The second-order valence-electron chi connectivity index (χ2n) is 5.63. The molecule has 8 heteroatoms. The normalized spacial score (nSPS) is 14.6. The highest BCUT2D eigenvalue weighted by Crippen LogP contribution is 2.17. The van der Waals surface area contributed by atoms with Crippen LogP contribution in [0.15, 0.2) is 53.4 Å². The van der Waals surface area contributed by atoms with Crippen LogP contribution in [-0.2, 0) is 0 Å². The monoisotopic (exact) mass is 336 g/mol. The number of rotatable bonds is 3. The summed E-state index contributed by atoms with van der Waals surface area (Å²) in [5, 5.41) is 3.83.